The van der Waals surface area contributed by atoms with E-state index in [1.807, 2.05) is 12.1 Å². The molecule has 0 unspecified atom stereocenters. The van der Waals surface area contributed by atoms with Gasteiger partial charge in [0.15, 0.2) is 6.61 Å². The van der Waals surface area contributed by atoms with E-state index in [1.165, 1.54) is 21.8 Å². The second-order valence-corrected chi connectivity index (χ2v) is 7.33. The number of rotatable bonds is 4. The Labute approximate surface area is 150 Å². The average molecular weight is 354 g/mol. The Morgan fingerprint density at radius 1 is 1.40 bits per heavy atom. The van der Waals surface area contributed by atoms with Gasteiger partial charge in [0, 0.05) is 4.88 Å². The number of nitriles is 1. The van der Waals surface area contributed by atoms with Gasteiger partial charge < -0.3 is 10.1 Å². The van der Waals surface area contributed by atoms with Crippen molar-refractivity contribution in [2.45, 2.75) is 26.2 Å². The summed E-state index contributed by atoms with van der Waals surface area (Å²) in [6.45, 7) is 1.83. The molecule has 1 heterocycles. The molecular formula is C19H18N2O3S. The first-order valence-electron chi connectivity index (χ1n) is 8.14. The third-order valence-corrected chi connectivity index (χ3v) is 5.40. The predicted octanol–water partition coefficient (Wildman–Crippen LogP) is 3.54. The molecule has 1 atom stereocenters. The number of carbonyl (C=O) groups is 2. The zero-order valence-corrected chi connectivity index (χ0v) is 14.7. The zero-order chi connectivity index (χ0) is 17.8. The van der Waals surface area contributed by atoms with Gasteiger partial charge in [0.05, 0.1) is 11.3 Å². The molecule has 1 aliphatic rings. The number of fused-ring (bicyclic) bond motifs is 1. The fraction of sp³-hybridized carbons (Fsp3) is 0.316. The minimum atomic E-state index is -0.476. The first kappa shape index (κ1) is 17.2. The van der Waals surface area contributed by atoms with Crippen molar-refractivity contribution in [3.05, 3.63) is 51.2 Å². The van der Waals surface area contributed by atoms with Crippen LogP contribution in [0.4, 0.5) is 5.69 Å². The molecule has 0 fully saturated rings. The summed E-state index contributed by atoms with van der Waals surface area (Å²) in [6, 6.07) is 10.6. The van der Waals surface area contributed by atoms with Gasteiger partial charge in [-0.05, 0) is 48.9 Å². The molecule has 1 amide bonds. The third kappa shape index (κ3) is 4.06. The summed E-state index contributed by atoms with van der Waals surface area (Å²) in [7, 11) is 0. The fourth-order valence-corrected chi connectivity index (χ4v) is 3.99. The number of benzene rings is 1. The maximum atomic E-state index is 12.2. The van der Waals surface area contributed by atoms with Crippen molar-refractivity contribution in [3.63, 3.8) is 0 Å². The molecule has 1 aromatic carbocycles. The van der Waals surface area contributed by atoms with Crippen LogP contribution < -0.4 is 5.32 Å². The number of hydrogen-bond acceptors (Lipinski definition) is 5. The number of carbonyl (C=O) groups excluding carboxylic acids is 2. The van der Waals surface area contributed by atoms with Crippen LogP contribution in [0.2, 0.25) is 0 Å². The highest BCUT2D eigenvalue weighted by molar-refractivity contribution is 7.14. The lowest BCUT2D eigenvalue weighted by Gasteiger charge is -2.16. The maximum absolute atomic E-state index is 12.2. The van der Waals surface area contributed by atoms with Crippen LogP contribution in [0.25, 0.3) is 0 Å². The second kappa shape index (κ2) is 7.49. The number of hydrogen-bond donors (Lipinski definition) is 1. The minimum absolute atomic E-state index is 0.363. The van der Waals surface area contributed by atoms with E-state index in [-0.39, 0.29) is 6.61 Å². The van der Waals surface area contributed by atoms with E-state index in [0.717, 1.165) is 19.3 Å². The SMILES string of the molecule is C[C@@H]1CCc2sc(C(=O)OCC(=O)Nc3ccccc3C#N)cc2C1. The summed E-state index contributed by atoms with van der Waals surface area (Å²) >= 11 is 1.46. The fourth-order valence-electron chi connectivity index (χ4n) is 2.88. The van der Waals surface area contributed by atoms with E-state index in [9.17, 15) is 9.59 Å². The lowest BCUT2D eigenvalue weighted by atomic mass is 9.90. The van der Waals surface area contributed by atoms with Gasteiger partial charge >= 0.3 is 5.97 Å². The predicted molar refractivity (Wildman–Crippen MR) is 95.6 cm³/mol. The number of aryl methyl sites for hydroxylation is 1. The number of nitrogens with zero attached hydrogens (tertiary/aromatic N) is 1. The first-order valence-corrected chi connectivity index (χ1v) is 8.96. The van der Waals surface area contributed by atoms with Crippen LogP contribution in [0.15, 0.2) is 30.3 Å². The molecule has 0 saturated heterocycles. The molecular weight excluding hydrogens is 336 g/mol. The van der Waals surface area contributed by atoms with Crippen LogP contribution >= 0.6 is 11.3 Å². The van der Waals surface area contributed by atoms with Crippen molar-refractivity contribution in [3.8, 4) is 6.07 Å². The summed E-state index contributed by atoms with van der Waals surface area (Å²) < 4.78 is 5.12. The van der Waals surface area contributed by atoms with Crippen LogP contribution in [-0.2, 0) is 22.4 Å². The quantitative estimate of drug-likeness (QED) is 0.852. The topological polar surface area (TPSA) is 79.2 Å². The molecule has 1 aromatic heterocycles. The first-order chi connectivity index (χ1) is 12.1. The number of anilines is 1. The molecule has 5 nitrogen and oxygen atoms in total. The van der Waals surface area contributed by atoms with Gasteiger partial charge in [-0.3, -0.25) is 4.79 Å². The van der Waals surface area contributed by atoms with Crippen molar-refractivity contribution in [2.75, 3.05) is 11.9 Å². The van der Waals surface area contributed by atoms with Crippen LogP contribution in [0, 0.1) is 17.2 Å². The lowest BCUT2D eigenvalue weighted by Crippen LogP contribution is -2.21. The van der Waals surface area contributed by atoms with Gasteiger partial charge in [-0.2, -0.15) is 5.26 Å². The van der Waals surface area contributed by atoms with Gasteiger partial charge in [-0.15, -0.1) is 11.3 Å². The Kier molecular flexibility index (Phi) is 5.15. The molecule has 1 aliphatic carbocycles. The van der Waals surface area contributed by atoms with Crippen LogP contribution in [0.3, 0.4) is 0 Å². The van der Waals surface area contributed by atoms with E-state index >= 15 is 0 Å². The molecule has 2 aromatic rings. The minimum Gasteiger partial charge on any atom is -0.451 e. The Bertz CT molecular complexity index is 851. The summed E-state index contributed by atoms with van der Waals surface area (Å²) in [5.74, 6) is -0.307. The Morgan fingerprint density at radius 3 is 3.00 bits per heavy atom. The van der Waals surface area contributed by atoms with Crippen LogP contribution in [0.5, 0.6) is 0 Å². The van der Waals surface area contributed by atoms with Gasteiger partial charge in [-0.1, -0.05) is 19.1 Å². The Hall–Kier alpha value is -2.65. The largest absolute Gasteiger partial charge is 0.451 e. The Balaban J connectivity index is 1.57. The molecule has 0 saturated carbocycles. The summed E-state index contributed by atoms with van der Waals surface area (Å²) in [4.78, 5) is 25.9. The van der Waals surface area contributed by atoms with Crippen molar-refractivity contribution in [1.29, 1.82) is 5.26 Å². The number of esters is 1. The second-order valence-electron chi connectivity index (χ2n) is 6.19. The standard InChI is InChI=1S/C19H18N2O3S/c1-12-6-7-16-14(8-12)9-17(25-16)19(23)24-11-18(22)21-15-5-3-2-4-13(15)10-20/h2-5,9,12H,6-8,11H2,1H3,(H,21,22)/t12-/m1/s1. The van der Waals surface area contributed by atoms with Crippen molar-refractivity contribution >= 4 is 28.9 Å². The van der Waals surface area contributed by atoms with Crippen LogP contribution in [-0.4, -0.2) is 18.5 Å². The molecule has 0 radical (unpaired) electrons. The number of amides is 1. The van der Waals surface area contributed by atoms with Crippen molar-refractivity contribution < 1.29 is 14.3 Å². The van der Waals surface area contributed by atoms with Gasteiger partial charge in [-0.25, -0.2) is 4.79 Å². The molecule has 25 heavy (non-hydrogen) atoms. The molecule has 3 rings (SSSR count). The maximum Gasteiger partial charge on any atom is 0.348 e. The number of thiophene rings is 1. The van der Waals surface area contributed by atoms with Gasteiger partial charge in [0.1, 0.15) is 10.9 Å². The summed E-state index contributed by atoms with van der Waals surface area (Å²) in [5, 5.41) is 11.6. The lowest BCUT2D eigenvalue weighted by molar-refractivity contribution is -0.119. The van der Waals surface area contributed by atoms with Gasteiger partial charge in [0.25, 0.3) is 5.91 Å². The van der Waals surface area contributed by atoms with E-state index in [0.29, 0.717) is 22.0 Å². The van der Waals surface area contributed by atoms with E-state index in [1.54, 1.807) is 24.3 Å². The normalized spacial score (nSPS) is 15.8. The molecule has 0 aliphatic heterocycles. The molecule has 0 spiro atoms. The highest BCUT2D eigenvalue weighted by Gasteiger charge is 2.21. The highest BCUT2D eigenvalue weighted by atomic mass is 32.1. The highest BCUT2D eigenvalue weighted by Crippen LogP contribution is 2.32. The molecule has 128 valence electrons. The van der Waals surface area contributed by atoms with Gasteiger partial charge in [0.2, 0.25) is 0 Å². The van der Waals surface area contributed by atoms with E-state index in [2.05, 4.69) is 12.2 Å². The number of nitrogens with one attached hydrogen (secondary N) is 1. The molecule has 1 N–H and O–H groups in total. The monoisotopic (exact) mass is 354 g/mol. The third-order valence-electron chi connectivity index (χ3n) is 4.19. The number of para-hydroxylation sites is 1. The summed E-state index contributed by atoms with van der Waals surface area (Å²) in [6.07, 6.45) is 3.13. The van der Waals surface area contributed by atoms with E-state index < -0.39 is 11.9 Å². The zero-order valence-electron chi connectivity index (χ0n) is 13.9. The average Bonchev–Trinajstić information content (AvgIpc) is 3.03. The Morgan fingerprint density at radius 2 is 2.20 bits per heavy atom. The molecule has 6 heteroatoms. The van der Waals surface area contributed by atoms with E-state index in [4.69, 9.17) is 10.00 Å². The smallest absolute Gasteiger partial charge is 0.348 e. The number of ether oxygens (including phenoxy) is 1. The van der Waals surface area contributed by atoms with Crippen molar-refractivity contribution in [1.82, 2.24) is 0 Å². The summed E-state index contributed by atoms with van der Waals surface area (Å²) in [5.41, 5.74) is 2.00. The van der Waals surface area contributed by atoms with Crippen LogP contribution in [0.1, 0.15) is 39.0 Å². The van der Waals surface area contributed by atoms with Crippen molar-refractivity contribution in [2.24, 2.45) is 5.92 Å². The molecule has 0 bridgehead atoms.